The lowest BCUT2D eigenvalue weighted by atomic mass is 9.91. The highest BCUT2D eigenvalue weighted by Gasteiger charge is 2.20. The van der Waals surface area contributed by atoms with Gasteiger partial charge in [0.2, 0.25) is 0 Å². The minimum Gasteiger partial charge on any atom is -0.385 e. The summed E-state index contributed by atoms with van der Waals surface area (Å²) in [5.41, 5.74) is 7.33. The van der Waals surface area contributed by atoms with Crippen molar-refractivity contribution in [1.82, 2.24) is 0 Å². The monoisotopic (exact) mass is 202 g/mol. The van der Waals surface area contributed by atoms with E-state index in [2.05, 4.69) is 23.6 Å². The van der Waals surface area contributed by atoms with E-state index in [-0.39, 0.29) is 0 Å². The van der Waals surface area contributed by atoms with Crippen LogP contribution < -0.4 is 10.6 Å². The van der Waals surface area contributed by atoms with Crippen LogP contribution in [0.2, 0.25) is 0 Å². The minimum absolute atomic E-state index is 1.13. The highest BCUT2D eigenvalue weighted by Crippen LogP contribution is 2.37. The molecular weight excluding hydrogens is 184 g/mol. The lowest BCUT2D eigenvalue weighted by molar-refractivity contribution is 0.792. The van der Waals surface area contributed by atoms with E-state index in [0.29, 0.717) is 0 Å². The molecule has 1 aromatic rings. The first-order chi connectivity index (χ1) is 7.36. The van der Waals surface area contributed by atoms with Gasteiger partial charge in [-0.15, -0.1) is 0 Å². The second kappa shape index (κ2) is 3.44. The summed E-state index contributed by atoms with van der Waals surface area (Å²) < 4.78 is 0. The molecule has 2 aliphatic rings. The highest BCUT2D eigenvalue weighted by atomic mass is 14.9. The number of hydrogen-bond acceptors (Lipinski definition) is 2. The summed E-state index contributed by atoms with van der Waals surface area (Å²) in [5.74, 6) is 0. The van der Waals surface area contributed by atoms with Crippen molar-refractivity contribution in [1.29, 1.82) is 0 Å². The number of aryl methyl sites for hydroxylation is 2. The molecule has 0 saturated heterocycles. The van der Waals surface area contributed by atoms with Crippen molar-refractivity contribution in [3.63, 3.8) is 0 Å². The molecule has 2 heterocycles. The smallest absolute Gasteiger partial charge is 0.0426 e. The summed E-state index contributed by atoms with van der Waals surface area (Å²) in [6.07, 6.45) is 5.03. The first-order valence-electron chi connectivity index (χ1n) is 5.99. The van der Waals surface area contributed by atoms with Crippen LogP contribution in [-0.4, -0.2) is 13.1 Å². The van der Waals surface area contributed by atoms with Crippen LogP contribution in [0.15, 0.2) is 6.07 Å². The lowest BCUT2D eigenvalue weighted by Crippen LogP contribution is -2.20. The molecule has 0 amide bonds. The van der Waals surface area contributed by atoms with Gasteiger partial charge in [-0.3, -0.25) is 0 Å². The topological polar surface area (TPSA) is 24.1 Å². The molecule has 2 heteroatoms. The minimum atomic E-state index is 1.13. The molecule has 3 rings (SSSR count). The zero-order valence-corrected chi connectivity index (χ0v) is 9.32. The molecule has 0 radical (unpaired) electrons. The Kier molecular flexibility index (Phi) is 2.08. The fourth-order valence-corrected chi connectivity index (χ4v) is 2.85. The third-order valence-electron chi connectivity index (χ3n) is 3.54. The molecule has 0 unspecified atom stereocenters. The number of rotatable bonds is 0. The number of benzene rings is 1. The lowest BCUT2D eigenvalue weighted by Gasteiger charge is -2.28. The van der Waals surface area contributed by atoms with Crippen LogP contribution in [0, 0.1) is 6.92 Å². The molecule has 2 nitrogen and oxygen atoms in total. The maximum atomic E-state index is 3.58. The van der Waals surface area contributed by atoms with Gasteiger partial charge in [-0.05, 0) is 49.3 Å². The largest absolute Gasteiger partial charge is 0.385 e. The van der Waals surface area contributed by atoms with Gasteiger partial charge >= 0.3 is 0 Å². The molecule has 2 N–H and O–H groups in total. The Balaban J connectivity index is 2.18. The number of hydrogen-bond donors (Lipinski definition) is 2. The van der Waals surface area contributed by atoms with E-state index >= 15 is 0 Å². The summed E-state index contributed by atoms with van der Waals surface area (Å²) in [6.45, 7) is 4.50. The molecular formula is C13H18N2. The number of anilines is 2. The summed E-state index contributed by atoms with van der Waals surface area (Å²) in [4.78, 5) is 0. The van der Waals surface area contributed by atoms with Gasteiger partial charge in [0, 0.05) is 24.5 Å². The second-order valence-electron chi connectivity index (χ2n) is 4.64. The molecule has 1 aromatic carbocycles. The van der Waals surface area contributed by atoms with Gasteiger partial charge in [0.15, 0.2) is 0 Å². The van der Waals surface area contributed by atoms with Gasteiger partial charge < -0.3 is 10.6 Å². The average molecular weight is 202 g/mol. The van der Waals surface area contributed by atoms with Crippen molar-refractivity contribution < 1.29 is 0 Å². The van der Waals surface area contributed by atoms with Crippen LogP contribution in [0.5, 0.6) is 0 Å². The van der Waals surface area contributed by atoms with Gasteiger partial charge in [0.1, 0.15) is 0 Å². The fraction of sp³-hybridized carbons (Fsp3) is 0.538. The van der Waals surface area contributed by atoms with Crippen LogP contribution in [0.3, 0.4) is 0 Å². The van der Waals surface area contributed by atoms with E-state index in [1.165, 1.54) is 53.7 Å². The highest BCUT2D eigenvalue weighted by molar-refractivity contribution is 5.74. The quantitative estimate of drug-likeness (QED) is 0.676. The van der Waals surface area contributed by atoms with Gasteiger partial charge in [0.25, 0.3) is 0 Å². The molecule has 0 aliphatic carbocycles. The zero-order chi connectivity index (χ0) is 10.3. The maximum absolute atomic E-state index is 3.58. The van der Waals surface area contributed by atoms with E-state index in [4.69, 9.17) is 0 Å². The first kappa shape index (κ1) is 9.08. The van der Waals surface area contributed by atoms with Crippen molar-refractivity contribution in [2.24, 2.45) is 0 Å². The van der Waals surface area contributed by atoms with Gasteiger partial charge in [-0.1, -0.05) is 6.07 Å². The summed E-state index contributed by atoms with van der Waals surface area (Å²) in [5, 5.41) is 7.12. The van der Waals surface area contributed by atoms with Crippen LogP contribution >= 0.6 is 0 Å². The van der Waals surface area contributed by atoms with E-state index in [1.54, 1.807) is 0 Å². The van der Waals surface area contributed by atoms with Crippen LogP contribution in [-0.2, 0) is 12.8 Å². The molecule has 80 valence electrons. The molecule has 0 aromatic heterocycles. The Bertz CT molecular complexity index is 396. The fourth-order valence-electron chi connectivity index (χ4n) is 2.85. The van der Waals surface area contributed by atoms with E-state index < -0.39 is 0 Å². The Morgan fingerprint density at radius 2 is 1.73 bits per heavy atom. The Morgan fingerprint density at radius 3 is 2.60 bits per heavy atom. The van der Waals surface area contributed by atoms with E-state index in [1.807, 2.05) is 0 Å². The van der Waals surface area contributed by atoms with Crippen molar-refractivity contribution in [3.05, 3.63) is 22.8 Å². The van der Waals surface area contributed by atoms with Crippen LogP contribution in [0.1, 0.15) is 29.5 Å². The SMILES string of the molecule is Cc1cc2c(c3c1NCCC3)NCCC2. The third kappa shape index (κ3) is 1.39. The van der Waals surface area contributed by atoms with E-state index in [0.717, 1.165) is 13.1 Å². The molecule has 0 spiro atoms. The summed E-state index contributed by atoms with van der Waals surface area (Å²) in [6, 6.07) is 2.36. The zero-order valence-electron chi connectivity index (χ0n) is 9.32. The van der Waals surface area contributed by atoms with Gasteiger partial charge in [-0.25, -0.2) is 0 Å². The van der Waals surface area contributed by atoms with Gasteiger partial charge in [-0.2, -0.15) is 0 Å². The molecule has 0 bridgehead atoms. The van der Waals surface area contributed by atoms with Crippen molar-refractivity contribution in [2.45, 2.75) is 32.6 Å². The van der Waals surface area contributed by atoms with E-state index in [9.17, 15) is 0 Å². The maximum Gasteiger partial charge on any atom is 0.0426 e. The predicted octanol–water partition coefficient (Wildman–Crippen LogP) is 2.71. The molecule has 2 aliphatic heterocycles. The van der Waals surface area contributed by atoms with Crippen LogP contribution in [0.25, 0.3) is 0 Å². The normalized spacial score (nSPS) is 18.5. The molecule has 0 saturated carbocycles. The molecule has 0 atom stereocenters. The Morgan fingerprint density at radius 1 is 1.00 bits per heavy atom. The number of nitrogens with one attached hydrogen (secondary N) is 2. The predicted molar refractivity (Wildman–Crippen MR) is 64.8 cm³/mol. The standard InChI is InChI=1S/C13H18N2/c1-9-8-10-4-2-6-15-13(10)11-5-3-7-14-12(9)11/h8,14-15H,2-7H2,1H3. The van der Waals surface area contributed by atoms with Crippen LogP contribution in [0.4, 0.5) is 11.4 Å². The Hall–Kier alpha value is -1.18. The van der Waals surface area contributed by atoms with Crippen molar-refractivity contribution in [3.8, 4) is 0 Å². The summed E-state index contributed by atoms with van der Waals surface area (Å²) >= 11 is 0. The van der Waals surface area contributed by atoms with Gasteiger partial charge in [0.05, 0.1) is 0 Å². The summed E-state index contributed by atoms with van der Waals surface area (Å²) in [7, 11) is 0. The average Bonchev–Trinajstić information content (AvgIpc) is 2.30. The third-order valence-corrected chi connectivity index (χ3v) is 3.54. The second-order valence-corrected chi connectivity index (χ2v) is 4.64. The number of fused-ring (bicyclic) bond motifs is 3. The molecule has 15 heavy (non-hydrogen) atoms. The van der Waals surface area contributed by atoms with Crippen molar-refractivity contribution in [2.75, 3.05) is 23.7 Å². The first-order valence-corrected chi connectivity index (χ1v) is 5.99. The Labute approximate surface area is 91.1 Å². The molecule has 0 fully saturated rings. The van der Waals surface area contributed by atoms with Crippen molar-refractivity contribution >= 4 is 11.4 Å².